The topological polar surface area (TPSA) is 0 Å². The van der Waals surface area contributed by atoms with Crippen molar-refractivity contribution in [1.82, 2.24) is 0 Å². The van der Waals surface area contributed by atoms with E-state index in [2.05, 4.69) is 91.0 Å². The van der Waals surface area contributed by atoms with E-state index in [0.29, 0.717) is 5.92 Å². The minimum Gasteiger partial charge on any atom is -0.0616 e. The monoisotopic (exact) mass is 410 g/mol. The molecule has 0 unspecified atom stereocenters. The van der Waals surface area contributed by atoms with Crippen LogP contribution in [0.2, 0.25) is 0 Å². The molecule has 1 saturated carbocycles. The molecule has 0 heterocycles. The van der Waals surface area contributed by atoms with Crippen molar-refractivity contribution in [2.45, 2.75) is 38.0 Å². The van der Waals surface area contributed by atoms with Gasteiger partial charge in [0, 0.05) is 0 Å². The van der Waals surface area contributed by atoms with Crippen molar-refractivity contribution >= 4 is 53.9 Å². The maximum Gasteiger partial charge on any atom is -0.00987 e. The highest BCUT2D eigenvalue weighted by Crippen LogP contribution is 2.39. The highest BCUT2D eigenvalue weighted by molar-refractivity contribution is 6.16. The van der Waals surface area contributed by atoms with Gasteiger partial charge in [-0.2, -0.15) is 0 Å². The van der Waals surface area contributed by atoms with E-state index >= 15 is 0 Å². The third kappa shape index (κ3) is 2.83. The van der Waals surface area contributed by atoms with Crippen molar-refractivity contribution in [2.24, 2.45) is 0 Å². The van der Waals surface area contributed by atoms with Gasteiger partial charge in [0.1, 0.15) is 0 Å². The molecule has 0 heteroatoms. The van der Waals surface area contributed by atoms with Crippen LogP contribution in [0.1, 0.15) is 43.6 Å². The Morgan fingerprint density at radius 1 is 0.406 bits per heavy atom. The van der Waals surface area contributed by atoms with Crippen molar-refractivity contribution in [3.63, 3.8) is 0 Å². The Kier molecular flexibility index (Phi) is 4.02. The largest absolute Gasteiger partial charge is 0.0616 e. The van der Waals surface area contributed by atoms with Gasteiger partial charge in [-0.3, -0.25) is 0 Å². The van der Waals surface area contributed by atoms with Crippen molar-refractivity contribution in [1.29, 1.82) is 0 Å². The number of fused-ring (bicyclic) bond motifs is 6. The number of hydrogen-bond donors (Lipinski definition) is 0. The molecule has 1 aliphatic carbocycles. The molecule has 0 saturated heterocycles. The van der Waals surface area contributed by atoms with Crippen molar-refractivity contribution in [3.05, 3.63) is 96.6 Å². The van der Waals surface area contributed by atoms with E-state index in [1.165, 1.54) is 86.0 Å². The Morgan fingerprint density at radius 3 is 1.72 bits per heavy atom. The molecular formula is C32H26. The maximum absolute atomic E-state index is 2.49. The SMILES string of the molecule is c1ccc2cc3cc4c(ccc5cc6cccc(C7CCCCC7)c6cc54)cc3cc2c1. The summed E-state index contributed by atoms with van der Waals surface area (Å²) in [5.74, 6) is 0.715. The highest BCUT2D eigenvalue weighted by atomic mass is 14.2. The van der Waals surface area contributed by atoms with Crippen LogP contribution in [0, 0.1) is 0 Å². The molecule has 154 valence electrons. The fourth-order valence-corrected chi connectivity index (χ4v) is 6.07. The fraction of sp³-hybridized carbons (Fsp3) is 0.188. The lowest BCUT2D eigenvalue weighted by Gasteiger charge is -2.23. The normalized spacial score (nSPS) is 15.4. The molecule has 0 aliphatic heterocycles. The summed E-state index contributed by atoms with van der Waals surface area (Å²) in [6.45, 7) is 0. The molecule has 0 nitrogen and oxygen atoms in total. The summed E-state index contributed by atoms with van der Waals surface area (Å²) in [5.41, 5.74) is 1.56. The first-order chi connectivity index (χ1) is 15.8. The van der Waals surface area contributed by atoms with Crippen LogP contribution in [-0.4, -0.2) is 0 Å². The molecule has 0 aromatic heterocycles. The van der Waals surface area contributed by atoms with Crippen LogP contribution in [0.25, 0.3) is 53.9 Å². The van der Waals surface area contributed by atoms with Crippen molar-refractivity contribution in [3.8, 4) is 0 Å². The molecule has 0 bridgehead atoms. The van der Waals surface area contributed by atoms with E-state index < -0.39 is 0 Å². The second kappa shape index (κ2) is 7.07. The zero-order chi connectivity index (χ0) is 21.1. The van der Waals surface area contributed by atoms with E-state index in [4.69, 9.17) is 0 Å². The maximum atomic E-state index is 2.49. The summed E-state index contributed by atoms with van der Waals surface area (Å²) in [5, 5.41) is 13.5. The Labute approximate surface area is 188 Å². The standard InChI is InChI=1S/C32H26/c1-2-7-21(8-3-1)29-12-6-11-24-17-25-13-14-26-18-27-15-22-9-4-5-10-23(22)16-28(27)19-30(26)32(25)20-31(24)29/h4-6,9-21H,1-3,7-8H2. The van der Waals surface area contributed by atoms with Crippen LogP contribution < -0.4 is 0 Å². The fourth-order valence-electron chi connectivity index (χ4n) is 6.07. The predicted octanol–water partition coefficient (Wildman–Crippen LogP) is 9.50. The van der Waals surface area contributed by atoms with Crippen LogP contribution in [0.4, 0.5) is 0 Å². The van der Waals surface area contributed by atoms with Gasteiger partial charge in [-0.05, 0) is 115 Å². The van der Waals surface area contributed by atoms with Crippen LogP contribution in [0.3, 0.4) is 0 Å². The van der Waals surface area contributed by atoms with Crippen molar-refractivity contribution in [2.75, 3.05) is 0 Å². The van der Waals surface area contributed by atoms with Gasteiger partial charge in [0.15, 0.2) is 0 Å². The van der Waals surface area contributed by atoms with Crippen LogP contribution in [0.15, 0.2) is 91.0 Å². The zero-order valence-electron chi connectivity index (χ0n) is 18.3. The molecule has 0 N–H and O–H groups in total. The average molecular weight is 411 g/mol. The molecule has 0 amide bonds. The van der Waals surface area contributed by atoms with Crippen LogP contribution >= 0.6 is 0 Å². The minimum absolute atomic E-state index is 0.715. The first-order valence-electron chi connectivity index (χ1n) is 12.1. The Bertz CT molecular complexity index is 1650. The summed E-state index contributed by atoms with van der Waals surface area (Å²) < 4.78 is 0. The lowest BCUT2D eigenvalue weighted by atomic mass is 9.81. The van der Waals surface area contributed by atoms with Gasteiger partial charge in [0.2, 0.25) is 0 Å². The molecule has 6 aromatic carbocycles. The smallest absolute Gasteiger partial charge is 0.00987 e. The summed E-state index contributed by atoms with van der Waals surface area (Å²) in [7, 11) is 0. The molecule has 1 fully saturated rings. The summed E-state index contributed by atoms with van der Waals surface area (Å²) in [4.78, 5) is 0. The highest BCUT2D eigenvalue weighted by Gasteiger charge is 2.18. The second-order valence-electron chi connectivity index (χ2n) is 9.66. The van der Waals surface area contributed by atoms with E-state index in [0.717, 1.165) is 0 Å². The molecule has 1 aliphatic rings. The van der Waals surface area contributed by atoms with Gasteiger partial charge in [-0.15, -0.1) is 0 Å². The summed E-state index contributed by atoms with van der Waals surface area (Å²) in [6.07, 6.45) is 6.82. The summed E-state index contributed by atoms with van der Waals surface area (Å²) >= 11 is 0. The molecule has 32 heavy (non-hydrogen) atoms. The number of rotatable bonds is 1. The van der Waals surface area contributed by atoms with Gasteiger partial charge < -0.3 is 0 Å². The van der Waals surface area contributed by atoms with Crippen molar-refractivity contribution < 1.29 is 0 Å². The molecule has 0 radical (unpaired) electrons. The van der Waals surface area contributed by atoms with Crippen LogP contribution in [0.5, 0.6) is 0 Å². The van der Waals surface area contributed by atoms with E-state index in [1.807, 2.05) is 0 Å². The number of benzene rings is 6. The molecule has 7 rings (SSSR count). The molecule has 6 aromatic rings. The molecule has 0 atom stereocenters. The Balaban J connectivity index is 1.53. The first kappa shape index (κ1) is 18.2. The Morgan fingerprint density at radius 2 is 0.969 bits per heavy atom. The van der Waals surface area contributed by atoms with E-state index in [1.54, 1.807) is 5.56 Å². The lowest BCUT2D eigenvalue weighted by molar-refractivity contribution is 0.445. The zero-order valence-corrected chi connectivity index (χ0v) is 18.3. The van der Waals surface area contributed by atoms with Gasteiger partial charge in [-0.1, -0.05) is 73.9 Å². The van der Waals surface area contributed by atoms with Gasteiger partial charge in [-0.25, -0.2) is 0 Å². The Hall–Kier alpha value is -3.38. The quantitative estimate of drug-likeness (QED) is 0.187. The number of hydrogen-bond acceptors (Lipinski definition) is 0. The first-order valence-corrected chi connectivity index (χ1v) is 12.1. The molecule has 0 spiro atoms. The lowest BCUT2D eigenvalue weighted by Crippen LogP contribution is -2.04. The van der Waals surface area contributed by atoms with E-state index in [9.17, 15) is 0 Å². The van der Waals surface area contributed by atoms with Gasteiger partial charge in [0.25, 0.3) is 0 Å². The molecular weight excluding hydrogens is 384 g/mol. The van der Waals surface area contributed by atoms with Gasteiger partial charge in [0.05, 0.1) is 0 Å². The minimum atomic E-state index is 0.715. The third-order valence-corrected chi connectivity index (χ3v) is 7.74. The predicted molar refractivity (Wildman–Crippen MR) is 140 cm³/mol. The van der Waals surface area contributed by atoms with Crippen LogP contribution in [-0.2, 0) is 0 Å². The second-order valence-corrected chi connectivity index (χ2v) is 9.66. The third-order valence-electron chi connectivity index (χ3n) is 7.74. The average Bonchev–Trinajstić information content (AvgIpc) is 2.85. The van der Waals surface area contributed by atoms with E-state index in [-0.39, 0.29) is 0 Å². The summed E-state index contributed by atoms with van der Waals surface area (Å²) in [6, 6.07) is 34.6. The van der Waals surface area contributed by atoms with Gasteiger partial charge >= 0.3 is 0 Å².